The Morgan fingerprint density at radius 1 is 1.21 bits per heavy atom. The number of nitrogens with one attached hydrogen (secondary N) is 1. The molecule has 2 amide bonds. The molecule has 0 aromatic heterocycles. The first-order valence-electron chi connectivity index (χ1n) is 7.50. The van der Waals surface area contributed by atoms with Gasteiger partial charge >= 0.3 is 0 Å². The first-order chi connectivity index (χ1) is 11.0. The molecule has 1 fully saturated rings. The third-order valence-corrected chi connectivity index (χ3v) is 5.61. The van der Waals surface area contributed by atoms with E-state index in [1.165, 1.54) is 40.9 Å². The van der Waals surface area contributed by atoms with Gasteiger partial charge in [-0.15, -0.1) is 11.8 Å². The van der Waals surface area contributed by atoms with Crippen molar-refractivity contribution in [1.82, 2.24) is 10.2 Å². The van der Waals surface area contributed by atoms with Crippen LogP contribution in [0.5, 0.6) is 0 Å². The van der Waals surface area contributed by atoms with E-state index in [9.17, 15) is 18.0 Å². The average Bonchev–Trinajstić information content (AvgIpc) is 2.93. The fourth-order valence-electron chi connectivity index (χ4n) is 2.32. The molecule has 0 radical (unpaired) electrons. The zero-order valence-electron chi connectivity index (χ0n) is 14.2. The van der Waals surface area contributed by atoms with Gasteiger partial charge in [0.15, 0.2) is 9.84 Å². The van der Waals surface area contributed by atoms with Crippen molar-refractivity contribution in [3.8, 4) is 0 Å². The number of amides is 2. The summed E-state index contributed by atoms with van der Waals surface area (Å²) >= 11 is 1.52. The van der Waals surface area contributed by atoms with E-state index in [0.717, 1.165) is 6.26 Å². The highest BCUT2D eigenvalue weighted by molar-refractivity contribution is 7.99. The Hall–Kier alpha value is -1.54. The van der Waals surface area contributed by atoms with Gasteiger partial charge < -0.3 is 10.2 Å². The standard InChI is InChI=1S/C16H22N2O4S2/c1-16(2,3)17-14(19)13-9-23-10-18(13)15(20)11-5-7-12(8-6-11)24(4,21)22/h5-8,13H,9-10H2,1-4H3,(H,17,19). The lowest BCUT2D eigenvalue weighted by Gasteiger charge is -2.27. The zero-order valence-corrected chi connectivity index (χ0v) is 15.8. The van der Waals surface area contributed by atoms with Crippen molar-refractivity contribution < 1.29 is 18.0 Å². The number of hydrogen-bond donors (Lipinski definition) is 1. The molecule has 1 aromatic rings. The minimum Gasteiger partial charge on any atom is -0.350 e. The fraction of sp³-hybridized carbons (Fsp3) is 0.500. The van der Waals surface area contributed by atoms with Gasteiger partial charge in [-0.25, -0.2) is 8.42 Å². The Bertz CT molecular complexity index is 736. The first-order valence-corrected chi connectivity index (χ1v) is 10.5. The van der Waals surface area contributed by atoms with Crippen LogP contribution in [0.4, 0.5) is 0 Å². The molecular weight excluding hydrogens is 348 g/mol. The third kappa shape index (κ3) is 4.51. The molecule has 8 heteroatoms. The second-order valence-corrected chi connectivity index (χ2v) is 9.84. The minimum atomic E-state index is -3.30. The molecule has 6 nitrogen and oxygen atoms in total. The van der Waals surface area contributed by atoms with Crippen LogP contribution >= 0.6 is 11.8 Å². The minimum absolute atomic E-state index is 0.164. The highest BCUT2D eigenvalue weighted by atomic mass is 32.2. The number of benzene rings is 1. The molecule has 1 heterocycles. The number of thioether (sulfide) groups is 1. The average molecular weight is 370 g/mol. The highest BCUT2D eigenvalue weighted by Crippen LogP contribution is 2.24. The van der Waals surface area contributed by atoms with Crippen molar-refractivity contribution in [3.63, 3.8) is 0 Å². The molecule has 1 atom stereocenters. The topological polar surface area (TPSA) is 83.6 Å². The number of carbonyl (C=O) groups is 2. The number of sulfone groups is 1. The maximum Gasteiger partial charge on any atom is 0.255 e. The monoisotopic (exact) mass is 370 g/mol. The molecule has 2 rings (SSSR count). The summed E-state index contributed by atoms with van der Waals surface area (Å²) in [5, 5.41) is 2.90. The molecule has 1 aromatic carbocycles. The van der Waals surface area contributed by atoms with Gasteiger partial charge in [-0.1, -0.05) is 0 Å². The van der Waals surface area contributed by atoms with E-state index in [1.54, 1.807) is 0 Å². The predicted molar refractivity (Wildman–Crippen MR) is 94.7 cm³/mol. The zero-order chi connectivity index (χ0) is 18.1. The Balaban J connectivity index is 2.17. The van der Waals surface area contributed by atoms with Gasteiger partial charge in [0.2, 0.25) is 5.91 Å². The van der Waals surface area contributed by atoms with Gasteiger partial charge in [0.1, 0.15) is 6.04 Å². The van der Waals surface area contributed by atoms with E-state index >= 15 is 0 Å². The molecule has 24 heavy (non-hydrogen) atoms. The number of rotatable bonds is 3. The van der Waals surface area contributed by atoms with Crippen LogP contribution < -0.4 is 5.32 Å². The van der Waals surface area contributed by atoms with Gasteiger partial charge in [0.05, 0.1) is 10.8 Å². The summed E-state index contributed by atoms with van der Waals surface area (Å²) in [7, 11) is -3.30. The summed E-state index contributed by atoms with van der Waals surface area (Å²) in [4.78, 5) is 26.8. The molecule has 1 saturated heterocycles. The van der Waals surface area contributed by atoms with Crippen LogP contribution in [0.15, 0.2) is 29.2 Å². The summed E-state index contributed by atoms with van der Waals surface area (Å²) in [6.45, 7) is 5.68. The highest BCUT2D eigenvalue weighted by Gasteiger charge is 2.36. The normalized spacial score (nSPS) is 18.5. The van der Waals surface area contributed by atoms with E-state index in [0.29, 0.717) is 17.2 Å². The Labute approximate surface area is 146 Å². The second-order valence-electron chi connectivity index (χ2n) is 6.83. The predicted octanol–water partition coefficient (Wildman–Crippen LogP) is 1.52. The van der Waals surface area contributed by atoms with Crippen molar-refractivity contribution >= 4 is 33.4 Å². The molecule has 1 aliphatic heterocycles. The van der Waals surface area contributed by atoms with Crippen LogP contribution in [0.3, 0.4) is 0 Å². The van der Waals surface area contributed by atoms with Crippen molar-refractivity contribution in [2.24, 2.45) is 0 Å². The van der Waals surface area contributed by atoms with Gasteiger partial charge in [-0.2, -0.15) is 0 Å². The molecule has 1 unspecified atom stereocenters. The van der Waals surface area contributed by atoms with Crippen molar-refractivity contribution in [2.75, 3.05) is 17.9 Å². The number of hydrogen-bond acceptors (Lipinski definition) is 5. The van der Waals surface area contributed by atoms with Gasteiger partial charge in [-0.05, 0) is 45.0 Å². The molecule has 0 aliphatic carbocycles. The van der Waals surface area contributed by atoms with E-state index < -0.39 is 15.9 Å². The van der Waals surface area contributed by atoms with Crippen molar-refractivity contribution in [3.05, 3.63) is 29.8 Å². The lowest BCUT2D eigenvalue weighted by Crippen LogP contribution is -2.52. The summed E-state index contributed by atoms with van der Waals surface area (Å²) < 4.78 is 23.0. The maximum absolute atomic E-state index is 12.7. The van der Waals surface area contributed by atoms with Gasteiger partial charge in [0, 0.05) is 23.1 Å². The lowest BCUT2D eigenvalue weighted by atomic mass is 10.1. The summed E-state index contributed by atoms with van der Waals surface area (Å²) in [5.41, 5.74) is 0.00868. The third-order valence-electron chi connectivity index (χ3n) is 3.47. The van der Waals surface area contributed by atoms with Crippen molar-refractivity contribution in [1.29, 1.82) is 0 Å². The summed E-state index contributed by atoms with van der Waals surface area (Å²) in [6.07, 6.45) is 1.12. The van der Waals surface area contributed by atoms with E-state index in [1.807, 2.05) is 20.8 Å². The number of nitrogens with zero attached hydrogens (tertiary/aromatic N) is 1. The summed E-state index contributed by atoms with van der Waals surface area (Å²) in [6, 6.07) is 5.28. The molecular formula is C16H22N2O4S2. The van der Waals surface area contributed by atoms with Crippen LogP contribution in [0, 0.1) is 0 Å². The van der Waals surface area contributed by atoms with Gasteiger partial charge in [0.25, 0.3) is 5.91 Å². The Kier molecular flexibility index (Phi) is 5.29. The molecule has 0 bridgehead atoms. The first kappa shape index (κ1) is 18.8. The second kappa shape index (κ2) is 6.76. The molecule has 0 saturated carbocycles. The van der Waals surface area contributed by atoms with Crippen LogP contribution in [0.2, 0.25) is 0 Å². The van der Waals surface area contributed by atoms with Gasteiger partial charge in [-0.3, -0.25) is 9.59 Å². The maximum atomic E-state index is 12.7. The fourth-order valence-corrected chi connectivity index (χ4v) is 4.11. The van der Waals surface area contributed by atoms with Crippen LogP contribution in [0.1, 0.15) is 31.1 Å². The van der Waals surface area contributed by atoms with Crippen LogP contribution in [-0.2, 0) is 14.6 Å². The van der Waals surface area contributed by atoms with Crippen LogP contribution in [0.25, 0.3) is 0 Å². The molecule has 132 valence electrons. The summed E-state index contributed by atoms with van der Waals surface area (Å²) in [5.74, 6) is 0.548. The van der Waals surface area contributed by atoms with E-state index in [-0.39, 0.29) is 22.2 Å². The van der Waals surface area contributed by atoms with E-state index in [4.69, 9.17) is 0 Å². The Morgan fingerprint density at radius 2 is 1.79 bits per heavy atom. The SMILES string of the molecule is CC(C)(C)NC(=O)C1CSCN1C(=O)c1ccc(S(C)(=O)=O)cc1. The quantitative estimate of drug-likeness (QED) is 0.872. The largest absolute Gasteiger partial charge is 0.350 e. The molecule has 1 N–H and O–H groups in total. The molecule has 0 spiro atoms. The number of carbonyl (C=O) groups excluding carboxylic acids is 2. The molecule has 1 aliphatic rings. The van der Waals surface area contributed by atoms with E-state index in [2.05, 4.69) is 5.32 Å². The smallest absolute Gasteiger partial charge is 0.255 e. The lowest BCUT2D eigenvalue weighted by molar-refractivity contribution is -0.125. The Morgan fingerprint density at radius 3 is 2.29 bits per heavy atom. The van der Waals surface area contributed by atoms with Crippen LogP contribution in [-0.4, -0.2) is 54.6 Å². The van der Waals surface area contributed by atoms with Crippen molar-refractivity contribution in [2.45, 2.75) is 37.2 Å².